The smallest absolute Gasteiger partial charge is 0.309 e. The van der Waals surface area contributed by atoms with Crippen molar-refractivity contribution in [1.82, 2.24) is 20.4 Å². The fourth-order valence-electron chi connectivity index (χ4n) is 3.55. The molecule has 1 atom stereocenters. The zero-order valence-corrected chi connectivity index (χ0v) is 17.9. The van der Waals surface area contributed by atoms with Gasteiger partial charge in [0.15, 0.2) is 0 Å². The van der Waals surface area contributed by atoms with E-state index in [-0.39, 0.29) is 24.9 Å². The molecule has 0 aliphatic carbocycles. The summed E-state index contributed by atoms with van der Waals surface area (Å²) >= 11 is 0. The van der Waals surface area contributed by atoms with Gasteiger partial charge in [-0.05, 0) is 42.4 Å². The lowest BCUT2D eigenvalue weighted by Crippen LogP contribution is -2.49. The van der Waals surface area contributed by atoms with Crippen LogP contribution in [0.2, 0.25) is 0 Å². The number of carbonyl (C=O) groups excluding carboxylic acids is 2. The van der Waals surface area contributed by atoms with Gasteiger partial charge in [-0.1, -0.05) is 24.3 Å². The number of rotatable bonds is 7. The van der Waals surface area contributed by atoms with Crippen molar-refractivity contribution in [3.8, 4) is 5.75 Å². The molecule has 7 nitrogen and oxygen atoms in total. The zero-order chi connectivity index (χ0) is 22.2. The van der Waals surface area contributed by atoms with Crippen molar-refractivity contribution in [2.24, 2.45) is 0 Å². The minimum atomic E-state index is -0.688. The highest BCUT2D eigenvalue weighted by Gasteiger charge is 2.25. The van der Waals surface area contributed by atoms with Gasteiger partial charge in [0.25, 0.3) is 0 Å². The molecule has 2 aromatic carbocycles. The van der Waals surface area contributed by atoms with Gasteiger partial charge < -0.3 is 20.3 Å². The molecular weight excluding hydrogens is 399 g/mol. The Hall–Kier alpha value is -2.97. The van der Waals surface area contributed by atoms with Crippen molar-refractivity contribution in [1.29, 1.82) is 0 Å². The Morgan fingerprint density at radius 2 is 1.58 bits per heavy atom. The summed E-state index contributed by atoms with van der Waals surface area (Å²) in [5.74, 6) is -0.951. The van der Waals surface area contributed by atoms with Crippen LogP contribution in [0.3, 0.4) is 0 Å². The lowest BCUT2D eigenvalue weighted by molar-refractivity contribution is -0.139. The second-order valence-corrected chi connectivity index (χ2v) is 7.65. The number of piperazine rings is 1. The highest BCUT2D eigenvalue weighted by atomic mass is 19.1. The van der Waals surface area contributed by atoms with Crippen LogP contribution in [0, 0.1) is 5.82 Å². The first-order valence-corrected chi connectivity index (χ1v) is 10.3. The SMILES string of the molecule is COc1ccc(CNC(=O)C(=O)NCC(c2ccc(F)cc2)N2CCN(C)CC2)cc1. The number of methoxy groups -OCH3 is 1. The van der Waals surface area contributed by atoms with Crippen LogP contribution >= 0.6 is 0 Å². The predicted octanol–water partition coefficient (Wildman–Crippen LogP) is 1.56. The third-order valence-electron chi connectivity index (χ3n) is 5.51. The van der Waals surface area contributed by atoms with Gasteiger partial charge in [0.2, 0.25) is 0 Å². The van der Waals surface area contributed by atoms with Crippen molar-refractivity contribution in [3.05, 3.63) is 65.5 Å². The number of nitrogens with zero attached hydrogens (tertiary/aromatic N) is 2. The largest absolute Gasteiger partial charge is 0.497 e. The van der Waals surface area contributed by atoms with Gasteiger partial charge in [-0.25, -0.2) is 4.39 Å². The van der Waals surface area contributed by atoms with E-state index >= 15 is 0 Å². The second-order valence-electron chi connectivity index (χ2n) is 7.65. The van der Waals surface area contributed by atoms with Crippen molar-refractivity contribution in [3.63, 3.8) is 0 Å². The summed E-state index contributed by atoms with van der Waals surface area (Å²) in [6.07, 6.45) is 0. The van der Waals surface area contributed by atoms with E-state index in [9.17, 15) is 14.0 Å². The quantitative estimate of drug-likeness (QED) is 0.655. The standard InChI is InChI=1S/C23H29FN4O3/c1-27-11-13-28(14-12-27)21(18-5-7-19(24)8-6-18)16-26-23(30)22(29)25-15-17-3-9-20(31-2)10-4-17/h3-10,21H,11-16H2,1-2H3,(H,25,29)(H,26,30). The number of ether oxygens (including phenoxy) is 1. The van der Waals surface area contributed by atoms with Crippen molar-refractivity contribution < 1.29 is 18.7 Å². The summed E-state index contributed by atoms with van der Waals surface area (Å²) in [5, 5.41) is 5.37. The lowest BCUT2D eigenvalue weighted by atomic mass is 10.0. The Kier molecular flexibility index (Phi) is 7.97. The molecular formula is C23H29FN4O3. The maximum atomic E-state index is 13.4. The van der Waals surface area contributed by atoms with Crippen LogP contribution in [0.1, 0.15) is 17.2 Å². The molecule has 166 valence electrons. The number of hydrogen-bond acceptors (Lipinski definition) is 5. The highest BCUT2D eigenvalue weighted by molar-refractivity contribution is 6.35. The molecule has 0 aromatic heterocycles. The Balaban J connectivity index is 1.56. The fourth-order valence-corrected chi connectivity index (χ4v) is 3.55. The topological polar surface area (TPSA) is 73.9 Å². The highest BCUT2D eigenvalue weighted by Crippen LogP contribution is 2.22. The van der Waals surface area contributed by atoms with Gasteiger partial charge in [0, 0.05) is 39.3 Å². The van der Waals surface area contributed by atoms with Gasteiger partial charge in [0.1, 0.15) is 11.6 Å². The molecule has 1 unspecified atom stereocenters. The molecule has 0 radical (unpaired) electrons. The van der Waals surface area contributed by atoms with Crippen LogP contribution in [0.25, 0.3) is 0 Å². The van der Waals surface area contributed by atoms with Gasteiger partial charge in [0.05, 0.1) is 13.2 Å². The summed E-state index contributed by atoms with van der Waals surface area (Å²) in [6, 6.07) is 13.4. The van der Waals surface area contributed by atoms with Gasteiger partial charge in [-0.2, -0.15) is 0 Å². The summed E-state index contributed by atoms with van der Waals surface area (Å²) in [5.41, 5.74) is 1.77. The molecule has 3 rings (SSSR count). The molecule has 2 N–H and O–H groups in total. The van der Waals surface area contributed by atoms with Crippen LogP contribution < -0.4 is 15.4 Å². The molecule has 1 heterocycles. The average molecular weight is 429 g/mol. The predicted molar refractivity (Wildman–Crippen MR) is 116 cm³/mol. The van der Waals surface area contributed by atoms with E-state index in [0.717, 1.165) is 43.1 Å². The van der Waals surface area contributed by atoms with E-state index in [1.807, 2.05) is 12.1 Å². The Bertz CT molecular complexity index is 865. The minimum Gasteiger partial charge on any atom is -0.497 e. The number of hydrogen-bond donors (Lipinski definition) is 2. The molecule has 1 saturated heterocycles. The number of nitrogens with one attached hydrogen (secondary N) is 2. The molecule has 2 aromatic rings. The first-order chi connectivity index (χ1) is 15.0. The fraction of sp³-hybridized carbons (Fsp3) is 0.391. The number of halogens is 1. The third-order valence-corrected chi connectivity index (χ3v) is 5.51. The van der Waals surface area contributed by atoms with E-state index < -0.39 is 11.8 Å². The molecule has 0 saturated carbocycles. The third kappa shape index (κ3) is 6.50. The number of likely N-dealkylation sites (N-methyl/N-ethyl adjacent to an activating group) is 1. The summed E-state index contributed by atoms with van der Waals surface area (Å²) in [6.45, 7) is 4.00. The van der Waals surface area contributed by atoms with Crippen LogP contribution in [-0.4, -0.2) is 68.5 Å². The first-order valence-electron chi connectivity index (χ1n) is 10.3. The van der Waals surface area contributed by atoms with E-state index in [2.05, 4.69) is 27.5 Å². The lowest BCUT2D eigenvalue weighted by Gasteiger charge is -2.38. The number of carbonyl (C=O) groups is 2. The molecule has 1 fully saturated rings. The maximum absolute atomic E-state index is 13.4. The molecule has 1 aliphatic rings. The summed E-state index contributed by atoms with van der Waals surface area (Å²) < 4.78 is 18.5. The molecule has 1 aliphatic heterocycles. The van der Waals surface area contributed by atoms with Crippen LogP contribution in [-0.2, 0) is 16.1 Å². The molecule has 8 heteroatoms. The second kappa shape index (κ2) is 10.9. The Morgan fingerprint density at radius 3 is 2.19 bits per heavy atom. The molecule has 0 spiro atoms. The summed E-state index contributed by atoms with van der Waals surface area (Å²) in [7, 11) is 3.65. The van der Waals surface area contributed by atoms with Crippen molar-refractivity contribution in [2.75, 3.05) is 46.9 Å². The van der Waals surface area contributed by atoms with Crippen LogP contribution in [0.4, 0.5) is 4.39 Å². The zero-order valence-electron chi connectivity index (χ0n) is 17.9. The molecule has 2 amide bonds. The first kappa shape index (κ1) is 22.7. The van der Waals surface area contributed by atoms with E-state index in [1.165, 1.54) is 12.1 Å². The molecule has 0 bridgehead atoms. The number of amides is 2. The Morgan fingerprint density at radius 1 is 0.968 bits per heavy atom. The normalized spacial score (nSPS) is 15.8. The monoisotopic (exact) mass is 428 g/mol. The Labute approximate surface area is 182 Å². The average Bonchev–Trinajstić information content (AvgIpc) is 2.80. The maximum Gasteiger partial charge on any atom is 0.309 e. The van der Waals surface area contributed by atoms with Gasteiger partial charge >= 0.3 is 11.8 Å². The van der Waals surface area contributed by atoms with Crippen LogP contribution in [0.5, 0.6) is 5.75 Å². The number of benzene rings is 2. The van der Waals surface area contributed by atoms with Gasteiger partial charge in [-0.3, -0.25) is 14.5 Å². The van der Waals surface area contributed by atoms with E-state index in [0.29, 0.717) is 0 Å². The van der Waals surface area contributed by atoms with E-state index in [4.69, 9.17) is 4.74 Å². The van der Waals surface area contributed by atoms with Gasteiger partial charge in [-0.15, -0.1) is 0 Å². The van der Waals surface area contributed by atoms with Crippen molar-refractivity contribution in [2.45, 2.75) is 12.6 Å². The molecule has 31 heavy (non-hydrogen) atoms. The minimum absolute atomic E-state index is 0.132. The van der Waals surface area contributed by atoms with E-state index in [1.54, 1.807) is 31.4 Å². The van der Waals surface area contributed by atoms with Crippen LogP contribution in [0.15, 0.2) is 48.5 Å². The van der Waals surface area contributed by atoms with Crippen molar-refractivity contribution >= 4 is 11.8 Å². The summed E-state index contributed by atoms with van der Waals surface area (Å²) in [4.78, 5) is 29.1.